The van der Waals surface area contributed by atoms with Crippen LogP contribution in [0.15, 0.2) is 39.3 Å². The van der Waals surface area contributed by atoms with Crippen molar-refractivity contribution >= 4 is 49.7 Å². The summed E-state index contributed by atoms with van der Waals surface area (Å²) in [6, 6.07) is 8.38. The summed E-state index contributed by atoms with van der Waals surface area (Å²) in [4.78, 5) is 36.7. The highest BCUT2D eigenvalue weighted by Crippen LogP contribution is 2.39. The molecule has 0 saturated carbocycles. The lowest BCUT2D eigenvalue weighted by molar-refractivity contribution is -0.157. The average Bonchev–Trinajstić information content (AvgIpc) is 2.74. The first-order valence-corrected chi connectivity index (χ1v) is 12.1. The Balaban J connectivity index is 2.24. The summed E-state index contributed by atoms with van der Waals surface area (Å²) >= 11 is 6.92. The molecule has 2 aromatic carbocycles. The first-order chi connectivity index (χ1) is 15.8. The van der Waals surface area contributed by atoms with Gasteiger partial charge in [-0.25, -0.2) is 4.79 Å². The molecule has 0 aliphatic heterocycles. The van der Waals surface area contributed by atoms with E-state index in [9.17, 15) is 24.6 Å². The van der Waals surface area contributed by atoms with Crippen LogP contribution in [0.4, 0.5) is 0 Å². The number of carbonyl (C=O) groups is 3. The van der Waals surface area contributed by atoms with Crippen LogP contribution in [0.2, 0.25) is 0 Å². The summed E-state index contributed by atoms with van der Waals surface area (Å²) in [5, 5.41) is 28.6. The van der Waals surface area contributed by atoms with Gasteiger partial charge in [0.1, 0.15) is 17.0 Å². The van der Waals surface area contributed by atoms with Gasteiger partial charge in [-0.3, -0.25) is 9.59 Å². The number of phenolic OH excluding ortho intramolecular Hbond substituents is 1. The number of likely N-dealkylation sites (N-methyl/N-ethyl adjacent to an activating group) is 1. The van der Waals surface area contributed by atoms with Gasteiger partial charge >= 0.3 is 11.9 Å². The van der Waals surface area contributed by atoms with Crippen LogP contribution in [0, 0.1) is 0 Å². The van der Waals surface area contributed by atoms with Gasteiger partial charge in [0, 0.05) is 19.0 Å². The van der Waals surface area contributed by atoms with E-state index in [-0.39, 0.29) is 30.9 Å². The lowest BCUT2D eigenvalue weighted by Crippen LogP contribution is -2.53. The van der Waals surface area contributed by atoms with E-state index in [4.69, 9.17) is 9.84 Å². The summed E-state index contributed by atoms with van der Waals surface area (Å²) in [6.07, 6.45) is -0.689. The van der Waals surface area contributed by atoms with Gasteiger partial charge in [-0.15, -0.1) is 0 Å². The van der Waals surface area contributed by atoms with Gasteiger partial charge in [0.15, 0.2) is 5.75 Å². The van der Waals surface area contributed by atoms with Crippen molar-refractivity contribution in [2.75, 3.05) is 7.05 Å². The third kappa shape index (κ3) is 6.50. The number of carboxylic acid groups (broad SMARTS) is 2. The fourth-order valence-electron chi connectivity index (χ4n) is 3.33. The molecular weight excluding hydrogens is 574 g/mol. The molecule has 0 aliphatic rings. The second-order valence-corrected chi connectivity index (χ2v) is 10.2. The zero-order chi connectivity index (χ0) is 25.8. The second-order valence-electron chi connectivity index (χ2n) is 8.47. The van der Waals surface area contributed by atoms with Crippen molar-refractivity contribution < 1.29 is 34.4 Å². The van der Waals surface area contributed by atoms with Crippen LogP contribution in [-0.4, -0.2) is 50.7 Å². The molecule has 0 unspecified atom stereocenters. The van der Waals surface area contributed by atoms with Gasteiger partial charge in [-0.05, 0) is 87.0 Å². The highest BCUT2D eigenvalue weighted by atomic mass is 79.9. The Morgan fingerprint density at radius 1 is 1.09 bits per heavy atom. The van der Waals surface area contributed by atoms with Crippen LogP contribution in [0.1, 0.15) is 50.7 Å². The molecule has 0 heterocycles. The van der Waals surface area contributed by atoms with Crippen molar-refractivity contribution in [2.24, 2.45) is 0 Å². The van der Waals surface area contributed by atoms with Crippen molar-refractivity contribution in [3.63, 3.8) is 0 Å². The Hall–Kier alpha value is -2.59. The fourth-order valence-corrected chi connectivity index (χ4v) is 4.77. The molecule has 0 aliphatic carbocycles. The van der Waals surface area contributed by atoms with E-state index in [1.807, 2.05) is 13.8 Å². The Kier molecular flexibility index (Phi) is 9.13. The lowest BCUT2D eigenvalue weighted by Gasteiger charge is -2.35. The van der Waals surface area contributed by atoms with Crippen molar-refractivity contribution in [2.45, 2.75) is 51.5 Å². The minimum atomic E-state index is -1.65. The smallest absolute Gasteiger partial charge is 0.329 e. The van der Waals surface area contributed by atoms with E-state index in [0.29, 0.717) is 26.0 Å². The van der Waals surface area contributed by atoms with Crippen molar-refractivity contribution in [1.82, 2.24) is 4.90 Å². The summed E-state index contributed by atoms with van der Waals surface area (Å²) in [5.74, 6) is -1.58. The number of amides is 1. The van der Waals surface area contributed by atoms with Gasteiger partial charge in [0.2, 0.25) is 5.91 Å². The second kappa shape index (κ2) is 11.2. The number of rotatable bonds is 10. The predicted molar refractivity (Wildman–Crippen MR) is 133 cm³/mol. The van der Waals surface area contributed by atoms with Crippen LogP contribution in [0.3, 0.4) is 0 Å². The molecule has 1 amide bonds. The zero-order valence-electron chi connectivity index (χ0n) is 19.3. The van der Waals surface area contributed by atoms with Crippen LogP contribution in [-0.2, 0) is 20.8 Å². The number of hydrogen-bond donors (Lipinski definition) is 3. The molecular formula is C24H27Br2NO7. The number of benzene rings is 2. The summed E-state index contributed by atoms with van der Waals surface area (Å²) < 4.78 is 7.14. The molecule has 0 saturated heterocycles. The normalized spacial score (nSPS) is 12.8. The molecule has 2 rings (SSSR count). The highest BCUT2D eigenvalue weighted by Gasteiger charge is 2.40. The maximum absolute atomic E-state index is 12.9. The number of phenols is 1. The minimum Gasteiger partial charge on any atom is -0.508 e. The molecule has 1 atom stereocenters. The fraction of sp³-hybridized carbons (Fsp3) is 0.375. The van der Waals surface area contributed by atoms with Gasteiger partial charge in [0.05, 0.1) is 15.4 Å². The monoisotopic (exact) mass is 599 g/mol. The van der Waals surface area contributed by atoms with Crippen molar-refractivity contribution in [1.29, 1.82) is 0 Å². The quantitative estimate of drug-likeness (QED) is 0.327. The molecule has 184 valence electrons. The zero-order valence-corrected chi connectivity index (χ0v) is 22.4. The molecule has 0 radical (unpaired) electrons. The lowest BCUT2D eigenvalue weighted by atomic mass is 9.93. The highest BCUT2D eigenvalue weighted by molar-refractivity contribution is 9.11. The molecule has 2 aromatic rings. The van der Waals surface area contributed by atoms with E-state index in [1.165, 1.54) is 14.0 Å². The average molecular weight is 601 g/mol. The van der Waals surface area contributed by atoms with Crippen molar-refractivity contribution in [3.05, 3.63) is 50.4 Å². The Morgan fingerprint density at radius 2 is 1.68 bits per heavy atom. The summed E-state index contributed by atoms with van der Waals surface area (Å²) in [7, 11) is 1.36. The summed E-state index contributed by atoms with van der Waals surface area (Å²) in [6.45, 7) is 5.26. The van der Waals surface area contributed by atoms with E-state index >= 15 is 0 Å². The number of aromatic hydroxyl groups is 1. The van der Waals surface area contributed by atoms with Gasteiger partial charge in [-0.1, -0.05) is 13.8 Å². The van der Waals surface area contributed by atoms with Crippen LogP contribution < -0.4 is 4.74 Å². The largest absolute Gasteiger partial charge is 0.508 e. The molecule has 0 aromatic heterocycles. The molecule has 10 heteroatoms. The van der Waals surface area contributed by atoms with Gasteiger partial charge in [0.25, 0.3) is 0 Å². The molecule has 0 bridgehead atoms. The number of carboxylic acids is 2. The van der Waals surface area contributed by atoms with E-state index in [2.05, 4.69) is 31.9 Å². The maximum atomic E-state index is 12.9. The van der Waals surface area contributed by atoms with E-state index < -0.39 is 23.4 Å². The van der Waals surface area contributed by atoms with Crippen LogP contribution >= 0.6 is 31.9 Å². The molecule has 34 heavy (non-hydrogen) atoms. The van der Waals surface area contributed by atoms with E-state index in [0.717, 1.165) is 10.5 Å². The Bertz CT molecular complexity index is 1080. The number of aliphatic carboxylic acids is 2. The number of nitrogens with zero attached hydrogens (tertiary/aromatic N) is 1. The number of carbonyl (C=O) groups excluding carboxylic acids is 1. The molecule has 3 N–H and O–H groups in total. The van der Waals surface area contributed by atoms with Gasteiger partial charge < -0.3 is 25.0 Å². The number of ether oxygens (including phenoxy) is 1. The molecule has 8 nitrogen and oxygen atoms in total. The first kappa shape index (κ1) is 27.7. The topological polar surface area (TPSA) is 124 Å². The number of hydrogen-bond acceptors (Lipinski definition) is 5. The predicted octanol–water partition coefficient (Wildman–Crippen LogP) is 5.54. The van der Waals surface area contributed by atoms with E-state index in [1.54, 1.807) is 30.3 Å². The minimum absolute atomic E-state index is 0.0966. The molecule has 0 fully saturated rings. The van der Waals surface area contributed by atoms with Crippen molar-refractivity contribution in [3.8, 4) is 17.2 Å². The summed E-state index contributed by atoms with van der Waals surface area (Å²) in [5.41, 5.74) is -0.304. The maximum Gasteiger partial charge on any atom is 0.329 e. The first-order valence-electron chi connectivity index (χ1n) is 10.5. The Morgan fingerprint density at radius 3 is 2.18 bits per heavy atom. The van der Waals surface area contributed by atoms with Crippen LogP contribution in [0.5, 0.6) is 17.2 Å². The third-order valence-corrected chi connectivity index (χ3v) is 6.83. The van der Waals surface area contributed by atoms with Gasteiger partial charge in [-0.2, -0.15) is 0 Å². The SMILES string of the molecule is CC(C)c1cc(Oc2c(Br)cc(CC(=O)N(C)[C@@](C)(CCC(=O)O)C(=O)O)cc2Br)ccc1O. The number of halogens is 2. The third-order valence-electron chi connectivity index (χ3n) is 5.66. The molecule has 0 spiro atoms. The van der Waals surface area contributed by atoms with Crippen LogP contribution in [0.25, 0.3) is 0 Å². The standard InChI is InChI=1S/C24H27Br2NO7/c1-13(2)16-12-15(5-6-19(16)28)34-22-17(25)9-14(10-18(22)26)11-20(29)27(4)24(3,23(32)33)8-7-21(30)31/h5-6,9-10,12-13,28H,7-8,11H2,1-4H3,(H,30,31)(H,32,33)/t24-/m0/s1. The Labute approximate surface area is 214 Å².